The fourth-order valence-electron chi connectivity index (χ4n) is 2.87. The highest BCUT2D eigenvalue weighted by molar-refractivity contribution is 7.99. The zero-order valence-electron chi connectivity index (χ0n) is 16.7. The summed E-state index contributed by atoms with van der Waals surface area (Å²) < 4.78 is 2.14. The monoisotopic (exact) mass is 443 g/mol. The number of benzene rings is 1. The molecule has 1 atom stereocenters. The lowest BCUT2D eigenvalue weighted by atomic mass is 10.2. The van der Waals surface area contributed by atoms with E-state index in [0.717, 1.165) is 36.8 Å². The van der Waals surface area contributed by atoms with Crippen LogP contribution in [-0.4, -0.2) is 45.4 Å². The minimum Gasteiger partial charge on any atom is -0.324 e. The molecule has 2 rings (SSSR count). The van der Waals surface area contributed by atoms with Crippen molar-refractivity contribution in [2.75, 3.05) is 25.2 Å². The zero-order chi connectivity index (χ0) is 20.7. The molecule has 6 nitrogen and oxygen atoms in total. The van der Waals surface area contributed by atoms with Crippen molar-refractivity contribution in [3.8, 4) is 0 Å². The topological polar surface area (TPSA) is 63.1 Å². The second kappa shape index (κ2) is 11.0. The molecular weight excluding hydrogens is 417 g/mol. The number of carbonyl (C=O) groups excluding carboxylic acids is 1. The fourth-order valence-corrected chi connectivity index (χ4v) is 4.09. The molecular formula is C19H27Cl2N5OS. The number of thioether (sulfide) groups is 1. The second-order valence-electron chi connectivity index (χ2n) is 6.69. The molecule has 0 bridgehead atoms. The molecule has 0 saturated heterocycles. The molecule has 28 heavy (non-hydrogen) atoms. The summed E-state index contributed by atoms with van der Waals surface area (Å²) in [4.78, 5) is 14.5. The number of halogens is 2. The second-order valence-corrected chi connectivity index (χ2v) is 8.48. The summed E-state index contributed by atoms with van der Waals surface area (Å²) in [5.41, 5.74) is 0.545. The van der Waals surface area contributed by atoms with Gasteiger partial charge >= 0.3 is 0 Å². The molecule has 0 fully saturated rings. The molecule has 2 aromatic rings. The van der Waals surface area contributed by atoms with Crippen molar-refractivity contribution in [2.45, 2.75) is 50.9 Å². The van der Waals surface area contributed by atoms with Gasteiger partial charge in [0.2, 0.25) is 5.91 Å². The molecule has 0 saturated carbocycles. The Labute approximate surface area is 181 Å². The number of rotatable bonds is 10. The molecule has 1 heterocycles. The van der Waals surface area contributed by atoms with Crippen LogP contribution in [0.3, 0.4) is 0 Å². The van der Waals surface area contributed by atoms with Gasteiger partial charge < -0.3 is 9.88 Å². The molecule has 1 amide bonds. The van der Waals surface area contributed by atoms with Crippen LogP contribution in [0.2, 0.25) is 10.0 Å². The van der Waals surface area contributed by atoms with Crippen molar-refractivity contribution in [3.05, 3.63) is 34.1 Å². The Morgan fingerprint density at radius 1 is 1.29 bits per heavy atom. The largest absolute Gasteiger partial charge is 0.324 e. The van der Waals surface area contributed by atoms with Crippen LogP contribution in [0.1, 0.15) is 45.0 Å². The number of unbranched alkanes of at least 4 members (excludes halogenated alkanes) is 1. The minimum atomic E-state index is -0.152. The Morgan fingerprint density at radius 2 is 2.04 bits per heavy atom. The van der Waals surface area contributed by atoms with Crippen LogP contribution in [0.15, 0.2) is 23.4 Å². The molecule has 0 aliphatic carbocycles. The highest BCUT2D eigenvalue weighted by Gasteiger charge is 2.22. The summed E-state index contributed by atoms with van der Waals surface area (Å²) in [7, 11) is 4.09. The van der Waals surface area contributed by atoms with Crippen LogP contribution >= 0.6 is 35.0 Å². The molecule has 9 heteroatoms. The first-order valence-corrected chi connectivity index (χ1v) is 11.1. The molecule has 0 spiro atoms. The van der Waals surface area contributed by atoms with E-state index in [1.807, 2.05) is 14.1 Å². The molecule has 0 aliphatic heterocycles. The Balaban J connectivity index is 2.09. The number of nitrogens with zero attached hydrogens (tertiary/aromatic N) is 4. The Kier molecular flexibility index (Phi) is 9.08. The van der Waals surface area contributed by atoms with E-state index in [9.17, 15) is 4.79 Å². The fraction of sp³-hybridized carbons (Fsp3) is 0.526. The van der Waals surface area contributed by atoms with Crippen molar-refractivity contribution in [1.82, 2.24) is 19.7 Å². The van der Waals surface area contributed by atoms with Gasteiger partial charge in [0.15, 0.2) is 11.0 Å². The average Bonchev–Trinajstić information content (AvgIpc) is 3.03. The zero-order valence-corrected chi connectivity index (χ0v) is 19.0. The third kappa shape index (κ3) is 6.11. The summed E-state index contributed by atoms with van der Waals surface area (Å²) in [6.07, 6.45) is 3.06. The van der Waals surface area contributed by atoms with Crippen LogP contribution in [-0.2, 0) is 11.3 Å². The summed E-state index contributed by atoms with van der Waals surface area (Å²) in [6, 6.07) is 5.18. The molecule has 1 aromatic carbocycles. The predicted octanol–water partition coefficient (Wildman–Crippen LogP) is 5.13. The highest BCUT2D eigenvalue weighted by Crippen LogP contribution is 2.27. The normalized spacial score (nSPS) is 12.4. The van der Waals surface area contributed by atoms with Gasteiger partial charge in [-0.2, -0.15) is 0 Å². The summed E-state index contributed by atoms with van der Waals surface area (Å²) in [5, 5.41) is 13.3. The van der Waals surface area contributed by atoms with E-state index in [1.54, 1.807) is 18.2 Å². The molecule has 0 radical (unpaired) electrons. The summed E-state index contributed by atoms with van der Waals surface area (Å²) >= 11 is 13.4. The van der Waals surface area contributed by atoms with Gasteiger partial charge in [0, 0.05) is 11.6 Å². The van der Waals surface area contributed by atoms with Crippen molar-refractivity contribution in [3.63, 3.8) is 0 Å². The number of anilines is 1. The van der Waals surface area contributed by atoms with Gasteiger partial charge in [-0.15, -0.1) is 10.2 Å². The lowest BCUT2D eigenvalue weighted by molar-refractivity contribution is -0.113. The predicted molar refractivity (Wildman–Crippen MR) is 117 cm³/mol. The molecule has 1 N–H and O–H groups in total. The van der Waals surface area contributed by atoms with Crippen molar-refractivity contribution >= 4 is 46.6 Å². The minimum absolute atomic E-state index is 0.152. The first kappa shape index (κ1) is 23.0. The Morgan fingerprint density at radius 3 is 2.64 bits per heavy atom. The maximum atomic E-state index is 12.4. The molecule has 0 aliphatic rings. The number of aromatic nitrogens is 3. The number of hydrogen-bond acceptors (Lipinski definition) is 5. The van der Waals surface area contributed by atoms with Crippen LogP contribution in [0.4, 0.5) is 5.69 Å². The van der Waals surface area contributed by atoms with Gasteiger partial charge in [0.25, 0.3) is 0 Å². The van der Waals surface area contributed by atoms with Crippen molar-refractivity contribution in [2.24, 2.45) is 0 Å². The van der Waals surface area contributed by atoms with E-state index in [1.165, 1.54) is 11.8 Å². The Bertz CT molecular complexity index is 797. The number of amides is 1. The number of nitrogens with one attached hydrogen (secondary N) is 1. The van der Waals surface area contributed by atoms with Crippen LogP contribution in [0, 0.1) is 0 Å². The van der Waals surface area contributed by atoms with Gasteiger partial charge in [-0.1, -0.05) is 55.2 Å². The summed E-state index contributed by atoms with van der Waals surface area (Å²) in [6.45, 7) is 5.14. The van der Waals surface area contributed by atoms with E-state index in [-0.39, 0.29) is 17.7 Å². The molecule has 1 unspecified atom stereocenters. The van der Waals surface area contributed by atoms with E-state index in [0.29, 0.717) is 15.7 Å². The third-order valence-electron chi connectivity index (χ3n) is 4.33. The van der Waals surface area contributed by atoms with Crippen LogP contribution in [0.25, 0.3) is 0 Å². The first-order chi connectivity index (χ1) is 13.4. The molecule has 1 aromatic heterocycles. The summed E-state index contributed by atoms with van der Waals surface area (Å²) in [5.74, 6) is 1.02. The maximum Gasteiger partial charge on any atom is 0.234 e. The maximum absolute atomic E-state index is 12.4. The molecule has 154 valence electrons. The van der Waals surface area contributed by atoms with E-state index in [4.69, 9.17) is 23.2 Å². The standard InChI is InChI=1S/C19H27Cl2N5OS/c1-5-7-10-26-18(16(6-2)25(3)4)23-24-19(26)28-12-17(27)22-15-9-8-13(20)11-14(15)21/h8-9,11,16H,5-7,10,12H2,1-4H3,(H,22,27). The van der Waals surface area contributed by atoms with Gasteiger partial charge in [0.05, 0.1) is 22.5 Å². The van der Waals surface area contributed by atoms with Crippen molar-refractivity contribution < 1.29 is 4.79 Å². The first-order valence-electron chi connectivity index (χ1n) is 9.34. The average molecular weight is 444 g/mol. The smallest absolute Gasteiger partial charge is 0.234 e. The Hall–Kier alpha value is -1.28. The SMILES string of the molecule is CCCCn1c(SCC(=O)Nc2ccc(Cl)cc2Cl)nnc1C(CC)N(C)C. The van der Waals surface area contributed by atoms with Gasteiger partial charge in [0.1, 0.15) is 0 Å². The van der Waals surface area contributed by atoms with Gasteiger partial charge in [-0.05, 0) is 45.1 Å². The third-order valence-corrected chi connectivity index (χ3v) is 5.84. The van der Waals surface area contributed by atoms with E-state index < -0.39 is 0 Å². The van der Waals surface area contributed by atoms with Crippen molar-refractivity contribution in [1.29, 1.82) is 0 Å². The lowest BCUT2D eigenvalue weighted by Gasteiger charge is -2.23. The van der Waals surface area contributed by atoms with Crippen LogP contribution < -0.4 is 5.32 Å². The van der Waals surface area contributed by atoms with Gasteiger partial charge in [-0.25, -0.2) is 0 Å². The van der Waals surface area contributed by atoms with E-state index in [2.05, 4.69) is 38.8 Å². The van der Waals surface area contributed by atoms with Crippen LogP contribution in [0.5, 0.6) is 0 Å². The quantitative estimate of drug-likeness (QED) is 0.515. The van der Waals surface area contributed by atoms with E-state index >= 15 is 0 Å². The lowest BCUT2D eigenvalue weighted by Crippen LogP contribution is -2.23. The van der Waals surface area contributed by atoms with Gasteiger partial charge in [-0.3, -0.25) is 9.69 Å². The number of carbonyl (C=O) groups is 1. The number of hydrogen-bond donors (Lipinski definition) is 1. The highest BCUT2D eigenvalue weighted by atomic mass is 35.5.